The molecular weight excluding hydrogens is 292 g/mol. The molecule has 2 saturated carbocycles. The van der Waals surface area contributed by atoms with E-state index in [0.717, 1.165) is 24.7 Å². The Bertz CT molecular complexity index is 420. The third-order valence-electron chi connectivity index (χ3n) is 7.55. The number of carbonyl (C=O) groups excluding carboxylic acids is 1. The second kappa shape index (κ2) is 7.92. The molecule has 140 valence electrons. The number of ketones is 1. The molecule has 2 aliphatic carbocycles. The lowest BCUT2D eigenvalue weighted by Crippen LogP contribution is -2.31. The Kier molecular flexibility index (Phi) is 6.59. The largest absolute Gasteiger partial charge is 0.299 e. The first-order valence-corrected chi connectivity index (χ1v) is 10.7. The minimum Gasteiger partial charge on any atom is -0.299 e. The van der Waals surface area contributed by atoms with Crippen molar-refractivity contribution in [2.75, 3.05) is 0 Å². The first-order valence-electron chi connectivity index (χ1n) is 10.7. The molecule has 0 aliphatic heterocycles. The van der Waals surface area contributed by atoms with Crippen molar-refractivity contribution in [3.8, 4) is 0 Å². The van der Waals surface area contributed by atoms with Gasteiger partial charge in [-0.25, -0.2) is 0 Å². The maximum atomic E-state index is 12.6. The summed E-state index contributed by atoms with van der Waals surface area (Å²) in [6.07, 6.45) is 13.3. The molecule has 4 atom stereocenters. The van der Waals surface area contributed by atoms with E-state index in [1.165, 1.54) is 51.4 Å². The molecule has 2 fully saturated rings. The summed E-state index contributed by atoms with van der Waals surface area (Å²) in [5.41, 5.74) is 0.419. The SMILES string of the molecule is CCC1C(=O)C(C)(C)CC1CCC(C)C1CCCCCCC1(C)C. The standard InChI is InChI=1S/C23H42O/c1-7-19-18(16-23(5,6)21(19)24)14-13-17(2)20-12-10-8-9-11-15-22(20,3)4/h17-20H,7-16H2,1-6H3. The molecule has 0 amide bonds. The van der Waals surface area contributed by atoms with Gasteiger partial charge in [0.15, 0.2) is 0 Å². The molecule has 1 heteroatoms. The highest BCUT2D eigenvalue weighted by molar-refractivity contribution is 5.88. The maximum absolute atomic E-state index is 12.6. The van der Waals surface area contributed by atoms with E-state index in [2.05, 4.69) is 41.5 Å². The molecule has 0 bridgehead atoms. The molecule has 0 aromatic rings. The summed E-state index contributed by atoms with van der Waals surface area (Å²) >= 11 is 0. The fourth-order valence-corrected chi connectivity index (χ4v) is 6.04. The third kappa shape index (κ3) is 4.44. The van der Waals surface area contributed by atoms with E-state index in [-0.39, 0.29) is 5.41 Å². The van der Waals surface area contributed by atoms with Crippen LogP contribution in [0.25, 0.3) is 0 Å². The third-order valence-corrected chi connectivity index (χ3v) is 7.55. The van der Waals surface area contributed by atoms with Crippen LogP contribution in [0.15, 0.2) is 0 Å². The summed E-state index contributed by atoms with van der Waals surface area (Å²) < 4.78 is 0. The average Bonchev–Trinajstić information content (AvgIpc) is 2.71. The van der Waals surface area contributed by atoms with E-state index in [9.17, 15) is 4.79 Å². The van der Waals surface area contributed by atoms with Gasteiger partial charge in [-0.05, 0) is 55.3 Å². The van der Waals surface area contributed by atoms with Crippen LogP contribution in [0.3, 0.4) is 0 Å². The van der Waals surface area contributed by atoms with Crippen molar-refractivity contribution in [1.29, 1.82) is 0 Å². The molecule has 0 N–H and O–H groups in total. The lowest BCUT2D eigenvalue weighted by Gasteiger charge is -2.40. The highest BCUT2D eigenvalue weighted by Gasteiger charge is 2.46. The van der Waals surface area contributed by atoms with Gasteiger partial charge in [0.05, 0.1) is 0 Å². The highest BCUT2D eigenvalue weighted by Crippen LogP contribution is 2.48. The van der Waals surface area contributed by atoms with E-state index in [1.54, 1.807) is 0 Å². The van der Waals surface area contributed by atoms with Gasteiger partial charge in [0.1, 0.15) is 5.78 Å². The topological polar surface area (TPSA) is 17.1 Å². The minimum atomic E-state index is -0.0753. The molecule has 0 radical (unpaired) electrons. The highest BCUT2D eigenvalue weighted by atomic mass is 16.1. The van der Waals surface area contributed by atoms with E-state index < -0.39 is 0 Å². The molecule has 0 saturated heterocycles. The predicted molar refractivity (Wildman–Crippen MR) is 104 cm³/mol. The van der Waals surface area contributed by atoms with Gasteiger partial charge in [-0.2, -0.15) is 0 Å². The van der Waals surface area contributed by atoms with Crippen LogP contribution in [0, 0.1) is 34.5 Å². The van der Waals surface area contributed by atoms with Crippen LogP contribution in [0.1, 0.15) is 106 Å². The molecule has 0 aromatic heterocycles. The summed E-state index contributed by atoms with van der Waals surface area (Å²) in [6, 6.07) is 0. The van der Waals surface area contributed by atoms with Crippen LogP contribution < -0.4 is 0 Å². The number of rotatable bonds is 5. The molecule has 4 unspecified atom stereocenters. The van der Waals surface area contributed by atoms with E-state index in [4.69, 9.17) is 0 Å². The van der Waals surface area contributed by atoms with Crippen LogP contribution >= 0.6 is 0 Å². The normalized spacial score (nSPS) is 34.6. The fraction of sp³-hybridized carbons (Fsp3) is 0.957. The van der Waals surface area contributed by atoms with E-state index in [0.29, 0.717) is 23.0 Å². The van der Waals surface area contributed by atoms with Crippen LogP contribution in [0.2, 0.25) is 0 Å². The summed E-state index contributed by atoms with van der Waals surface area (Å²) in [6.45, 7) is 14.1. The molecule has 0 spiro atoms. The van der Waals surface area contributed by atoms with Gasteiger partial charge in [0.2, 0.25) is 0 Å². The van der Waals surface area contributed by atoms with E-state index >= 15 is 0 Å². The van der Waals surface area contributed by atoms with Crippen molar-refractivity contribution in [3.05, 3.63) is 0 Å². The summed E-state index contributed by atoms with van der Waals surface area (Å²) in [7, 11) is 0. The van der Waals surface area contributed by atoms with Crippen molar-refractivity contribution in [2.24, 2.45) is 34.5 Å². The van der Waals surface area contributed by atoms with Gasteiger partial charge >= 0.3 is 0 Å². The Hall–Kier alpha value is -0.330. The van der Waals surface area contributed by atoms with Gasteiger partial charge in [-0.1, -0.05) is 73.6 Å². The zero-order valence-corrected chi connectivity index (χ0v) is 17.3. The van der Waals surface area contributed by atoms with E-state index in [1.807, 2.05) is 0 Å². The first kappa shape index (κ1) is 20.0. The van der Waals surface area contributed by atoms with Gasteiger partial charge in [-0.15, -0.1) is 0 Å². The van der Waals surface area contributed by atoms with Crippen LogP contribution in [0.4, 0.5) is 0 Å². The second-order valence-electron chi connectivity index (χ2n) is 10.3. The molecule has 1 nitrogen and oxygen atoms in total. The van der Waals surface area contributed by atoms with Crippen molar-refractivity contribution in [3.63, 3.8) is 0 Å². The maximum Gasteiger partial charge on any atom is 0.141 e. The Morgan fingerprint density at radius 1 is 1.08 bits per heavy atom. The molecule has 2 rings (SSSR count). The number of hydrogen-bond acceptors (Lipinski definition) is 1. The van der Waals surface area contributed by atoms with Gasteiger partial charge < -0.3 is 0 Å². The summed E-state index contributed by atoms with van der Waals surface area (Å²) in [5, 5.41) is 0. The predicted octanol–water partition coefficient (Wildman–Crippen LogP) is 7.04. The number of carbonyl (C=O) groups is 1. The average molecular weight is 335 g/mol. The lowest BCUT2D eigenvalue weighted by molar-refractivity contribution is -0.127. The van der Waals surface area contributed by atoms with Crippen molar-refractivity contribution in [2.45, 2.75) is 106 Å². The zero-order chi connectivity index (χ0) is 18.0. The monoisotopic (exact) mass is 334 g/mol. The van der Waals surface area contributed by atoms with Crippen LogP contribution in [-0.2, 0) is 4.79 Å². The molecule has 0 aromatic carbocycles. The smallest absolute Gasteiger partial charge is 0.141 e. The minimum absolute atomic E-state index is 0.0753. The molecular formula is C23H42O. The second-order valence-corrected chi connectivity index (χ2v) is 10.3. The van der Waals surface area contributed by atoms with Gasteiger partial charge in [-0.3, -0.25) is 4.79 Å². The van der Waals surface area contributed by atoms with Crippen molar-refractivity contribution >= 4 is 5.78 Å². The fourth-order valence-electron chi connectivity index (χ4n) is 6.04. The van der Waals surface area contributed by atoms with Crippen LogP contribution in [0.5, 0.6) is 0 Å². The Balaban J connectivity index is 1.96. The molecule has 24 heavy (non-hydrogen) atoms. The summed E-state index contributed by atoms with van der Waals surface area (Å²) in [4.78, 5) is 12.6. The van der Waals surface area contributed by atoms with Crippen LogP contribution in [-0.4, -0.2) is 5.78 Å². The summed E-state index contributed by atoms with van der Waals surface area (Å²) in [5.74, 6) is 3.17. The zero-order valence-electron chi connectivity index (χ0n) is 17.3. The van der Waals surface area contributed by atoms with Crippen molar-refractivity contribution in [1.82, 2.24) is 0 Å². The number of hydrogen-bond donors (Lipinski definition) is 0. The Morgan fingerprint density at radius 2 is 1.75 bits per heavy atom. The molecule has 0 heterocycles. The number of Topliss-reactive ketones (excluding diaryl/α,β-unsaturated/α-hetero) is 1. The Morgan fingerprint density at radius 3 is 2.42 bits per heavy atom. The van der Waals surface area contributed by atoms with Gasteiger partial charge in [0, 0.05) is 11.3 Å². The molecule has 2 aliphatic rings. The van der Waals surface area contributed by atoms with Gasteiger partial charge in [0.25, 0.3) is 0 Å². The Labute approximate surface area is 151 Å². The lowest BCUT2D eigenvalue weighted by atomic mass is 9.65. The quantitative estimate of drug-likeness (QED) is 0.527. The van der Waals surface area contributed by atoms with Crippen molar-refractivity contribution < 1.29 is 4.79 Å². The first-order chi connectivity index (χ1) is 11.2.